The molecule has 2 aromatic heterocycles. The average molecular weight is 502 g/mol. The number of aryl methyl sites for hydroxylation is 1. The van der Waals surface area contributed by atoms with Gasteiger partial charge >= 0.3 is 0 Å². The minimum absolute atomic E-state index is 0.0151. The van der Waals surface area contributed by atoms with Crippen molar-refractivity contribution in [2.45, 2.75) is 71.0 Å². The summed E-state index contributed by atoms with van der Waals surface area (Å²) in [6, 6.07) is 14.9. The molecule has 2 aliphatic rings. The van der Waals surface area contributed by atoms with E-state index in [1.54, 1.807) is 0 Å². The van der Waals surface area contributed by atoms with Gasteiger partial charge in [0.15, 0.2) is 5.11 Å². The van der Waals surface area contributed by atoms with Gasteiger partial charge in [-0.05, 0) is 79.5 Å². The molecule has 0 unspecified atom stereocenters. The Morgan fingerprint density at radius 1 is 1.14 bits per heavy atom. The van der Waals surface area contributed by atoms with E-state index in [2.05, 4.69) is 55.7 Å². The second-order valence-electron chi connectivity index (χ2n) is 10.3. The maximum atomic E-state index is 12.3. The highest BCUT2D eigenvalue weighted by molar-refractivity contribution is 7.80. The fourth-order valence-electron chi connectivity index (χ4n) is 5.40. The Bertz CT molecular complexity index is 1230. The monoisotopic (exact) mass is 501 g/mol. The van der Waals surface area contributed by atoms with Crippen molar-refractivity contribution in [3.8, 4) is 0 Å². The Morgan fingerprint density at radius 2 is 1.94 bits per heavy atom. The number of nitrogens with one attached hydrogen (secondary N) is 2. The fraction of sp³-hybridized carbons (Fsp3) is 0.414. The first-order valence-corrected chi connectivity index (χ1v) is 13.4. The SMILES string of the molecule is Cc1cc(N2C(=S)N[C@@H](c3ccccn3)[C@@H]2c2ccn(C3CCCCC3)c2)ccc1NC(=O)C(C)C. The maximum Gasteiger partial charge on any atom is 0.226 e. The Hall–Kier alpha value is -3.19. The number of carbonyl (C=O) groups is 1. The molecule has 36 heavy (non-hydrogen) atoms. The van der Waals surface area contributed by atoms with Gasteiger partial charge in [-0.15, -0.1) is 0 Å². The van der Waals surface area contributed by atoms with Crippen LogP contribution < -0.4 is 15.5 Å². The van der Waals surface area contributed by atoms with Crippen LogP contribution in [0.25, 0.3) is 0 Å². The maximum absolute atomic E-state index is 12.3. The number of anilines is 2. The summed E-state index contributed by atoms with van der Waals surface area (Å²) in [7, 11) is 0. The van der Waals surface area contributed by atoms with E-state index in [9.17, 15) is 4.79 Å². The van der Waals surface area contributed by atoms with Crippen LogP contribution in [0, 0.1) is 12.8 Å². The van der Waals surface area contributed by atoms with Crippen molar-refractivity contribution in [2.24, 2.45) is 5.92 Å². The van der Waals surface area contributed by atoms with Gasteiger partial charge in [0, 0.05) is 41.9 Å². The first-order valence-electron chi connectivity index (χ1n) is 13.0. The predicted molar refractivity (Wildman–Crippen MR) is 149 cm³/mol. The summed E-state index contributed by atoms with van der Waals surface area (Å²) < 4.78 is 2.40. The topological polar surface area (TPSA) is 62.2 Å². The summed E-state index contributed by atoms with van der Waals surface area (Å²) in [5.74, 6) is -0.0579. The van der Waals surface area contributed by atoms with Gasteiger partial charge in [-0.1, -0.05) is 39.2 Å². The normalized spacial score (nSPS) is 20.6. The van der Waals surface area contributed by atoms with Crippen LogP contribution in [-0.4, -0.2) is 20.6 Å². The second kappa shape index (κ2) is 10.4. The first kappa shape index (κ1) is 24.5. The van der Waals surface area contributed by atoms with Crippen LogP contribution in [0.3, 0.4) is 0 Å². The Balaban J connectivity index is 1.51. The van der Waals surface area contributed by atoms with Crippen molar-refractivity contribution in [1.29, 1.82) is 0 Å². The third-order valence-corrected chi connectivity index (χ3v) is 7.76. The number of pyridine rings is 1. The van der Waals surface area contributed by atoms with Gasteiger partial charge in [0.25, 0.3) is 0 Å². The zero-order chi connectivity index (χ0) is 25.2. The average Bonchev–Trinajstić information content (AvgIpc) is 3.51. The van der Waals surface area contributed by atoms with Gasteiger partial charge in [-0.3, -0.25) is 9.78 Å². The molecule has 0 spiro atoms. The molecule has 6 nitrogen and oxygen atoms in total. The van der Waals surface area contributed by atoms with Crippen LogP contribution >= 0.6 is 12.2 Å². The number of carbonyl (C=O) groups excluding carboxylic acids is 1. The van der Waals surface area contributed by atoms with Crippen LogP contribution in [0.1, 0.15) is 80.9 Å². The molecule has 1 aliphatic heterocycles. The lowest BCUT2D eigenvalue weighted by atomic mass is 9.95. The highest BCUT2D eigenvalue weighted by Crippen LogP contribution is 2.43. The summed E-state index contributed by atoms with van der Waals surface area (Å²) in [6.07, 6.45) is 12.8. The second-order valence-corrected chi connectivity index (χ2v) is 10.7. The van der Waals surface area contributed by atoms with Crippen LogP contribution in [0.2, 0.25) is 0 Å². The largest absolute Gasteiger partial charge is 0.351 e. The van der Waals surface area contributed by atoms with Crippen molar-refractivity contribution in [3.63, 3.8) is 0 Å². The van der Waals surface area contributed by atoms with Gasteiger partial charge in [0.1, 0.15) is 0 Å². The molecule has 188 valence electrons. The van der Waals surface area contributed by atoms with Gasteiger partial charge in [-0.2, -0.15) is 0 Å². The van der Waals surface area contributed by atoms with Crippen LogP contribution in [0.15, 0.2) is 61.1 Å². The Morgan fingerprint density at radius 3 is 2.64 bits per heavy atom. The van der Waals surface area contributed by atoms with E-state index >= 15 is 0 Å². The minimum Gasteiger partial charge on any atom is -0.351 e. The number of hydrogen-bond acceptors (Lipinski definition) is 3. The molecule has 2 N–H and O–H groups in total. The molecule has 1 amide bonds. The van der Waals surface area contributed by atoms with Gasteiger partial charge in [-0.25, -0.2) is 0 Å². The Kier molecular flexibility index (Phi) is 7.10. The summed E-state index contributed by atoms with van der Waals surface area (Å²) in [5.41, 5.74) is 5.02. The molecule has 3 aromatic rings. The molecule has 0 bridgehead atoms. The molecule has 1 aromatic carbocycles. The standard InChI is InChI=1S/C29H35N5OS/c1-19(2)28(35)31-24-13-12-23(17-20(24)3)34-27(26(32-29(34)36)25-11-7-8-15-30-25)21-14-16-33(18-21)22-9-5-4-6-10-22/h7-8,11-19,22,26-27H,4-6,9-10H2,1-3H3,(H,31,35)(H,32,36)/t26-,27-/m0/s1. The number of rotatable bonds is 6. The molecule has 5 rings (SSSR count). The van der Waals surface area contributed by atoms with Crippen molar-refractivity contribution in [3.05, 3.63) is 77.9 Å². The van der Waals surface area contributed by atoms with E-state index in [1.165, 1.54) is 37.7 Å². The molecule has 2 atom stereocenters. The number of benzene rings is 1. The van der Waals surface area contributed by atoms with E-state index in [4.69, 9.17) is 12.2 Å². The Labute approximate surface area is 219 Å². The lowest BCUT2D eigenvalue weighted by Crippen LogP contribution is -2.29. The lowest BCUT2D eigenvalue weighted by molar-refractivity contribution is -0.118. The third-order valence-electron chi connectivity index (χ3n) is 7.44. The third kappa shape index (κ3) is 4.89. The summed E-state index contributed by atoms with van der Waals surface area (Å²) in [4.78, 5) is 19.1. The van der Waals surface area contributed by atoms with E-state index < -0.39 is 0 Å². The van der Waals surface area contributed by atoms with E-state index in [0.717, 1.165) is 22.6 Å². The van der Waals surface area contributed by atoms with Crippen LogP contribution in [0.5, 0.6) is 0 Å². The van der Waals surface area contributed by atoms with E-state index in [0.29, 0.717) is 11.2 Å². The van der Waals surface area contributed by atoms with Crippen molar-refractivity contribution in [2.75, 3.05) is 10.2 Å². The number of amides is 1. The lowest BCUT2D eigenvalue weighted by Gasteiger charge is -2.28. The highest BCUT2D eigenvalue weighted by Gasteiger charge is 2.41. The van der Waals surface area contributed by atoms with Gasteiger partial charge in [0.2, 0.25) is 5.91 Å². The van der Waals surface area contributed by atoms with Crippen molar-refractivity contribution >= 4 is 34.6 Å². The summed E-state index contributed by atoms with van der Waals surface area (Å²) >= 11 is 5.90. The smallest absolute Gasteiger partial charge is 0.226 e. The zero-order valence-corrected chi connectivity index (χ0v) is 22.1. The minimum atomic E-state index is -0.0730. The number of aromatic nitrogens is 2. The highest BCUT2D eigenvalue weighted by atomic mass is 32.1. The predicted octanol–water partition coefficient (Wildman–Crippen LogP) is 6.47. The quantitative estimate of drug-likeness (QED) is 0.379. The molecule has 1 aliphatic carbocycles. The molecule has 0 radical (unpaired) electrons. The molecule has 1 saturated heterocycles. The number of nitrogens with zero attached hydrogens (tertiary/aromatic N) is 3. The molecule has 3 heterocycles. The molecular weight excluding hydrogens is 466 g/mol. The fourth-order valence-corrected chi connectivity index (χ4v) is 5.74. The first-order chi connectivity index (χ1) is 17.4. The molecule has 7 heteroatoms. The summed E-state index contributed by atoms with van der Waals surface area (Å²) in [5, 5.41) is 7.27. The van der Waals surface area contributed by atoms with E-state index in [1.807, 2.05) is 51.2 Å². The number of hydrogen-bond donors (Lipinski definition) is 2. The molecular formula is C29H35N5OS. The molecule has 2 fully saturated rings. The van der Waals surface area contributed by atoms with Crippen LogP contribution in [-0.2, 0) is 4.79 Å². The van der Waals surface area contributed by atoms with Gasteiger partial charge in [0.05, 0.1) is 17.8 Å². The van der Waals surface area contributed by atoms with Crippen molar-refractivity contribution < 1.29 is 4.79 Å². The summed E-state index contributed by atoms with van der Waals surface area (Å²) in [6.45, 7) is 5.82. The molecule has 1 saturated carbocycles. The number of thiocarbonyl (C=S) groups is 1. The van der Waals surface area contributed by atoms with Gasteiger partial charge < -0.3 is 20.1 Å². The van der Waals surface area contributed by atoms with Crippen LogP contribution in [0.4, 0.5) is 11.4 Å². The zero-order valence-electron chi connectivity index (χ0n) is 21.3. The van der Waals surface area contributed by atoms with Crippen molar-refractivity contribution in [1.82, 2.24) is 14.9 Å². The van der Waals surface area contributed by atoms with E-state index in [-0.39, 0.29) is 23.9 Å².